The summed E-state index contributed by atoms with van der Waals surface area (Å²) in [5.74, 6) is -4.35. The number of benzene rings is 1. The standard InChI is InChI=1S/C21H16F2N4O5/c1-12-19(14(9-24)20(32-12)27-6-2-3-7-27)21(30)31-11-18(29)25-10-17(28)26-13-4-5-15(22)16(23)8-13/h2-8H,10-11H2,1H3,(H,25,29)(H,26,28). The van der Waals surface area contributed by atoms with Crippen LogP contribution in [0.1, 0.15) is 21.7 Å². The van der Waals surface area contributed by atoms with E-state index in [0.29, 0.717) is 0 Å². The van der Waals surface area contributed by atoms with Crippen LogP contribution in [0, 0.1) is 29.9 Å². The number of ether oxygens (including phenoxy) is 1. The summed E-state index contributed by atoms with van der Waals surface area (Å²) in [5, 5.41) is 13.9. The molecule has 0 aliphatic heterocycles. The molecule has 3 aromatic rings. The van der Waals surface area contributed by atoms with Crippen molar-refractivity contribution in [3.05, 3.63) is 71.2 Å². The van der Waals surface area contributed by atoms with E-state index in [-0.39, 0.29) is 28.5 Å². The number of nitriles is 1. The van der Waals surface area contributed by atoms with E-state index in [2.05, 4.69) is 10.6 Å². The van der Waals surface area contributed by atoms with Crippen molar-refractivity contribution in [3.8, 4) is 12.0 Å². The molecule has 1 aromatic carbocycles. The number of amides is 2. The lowest BCUT2D eigenvalue weighted by Gasteiger charge is -2.08. The third-order valence-electron chi connectivity index (χ3n) is 4.20. The number of nitrogens with one attached hydrogen (secondary N) is 2. The van der Waals surface area contributed by atoms with E-state index in [1.54, 1.807) is 24.5 Å². The smallest absolute Gasteiger partial charge is 0.343 e. The molecule has 2 heterocycles. The van der Waals surface area contributed by atoms with Crippen molar-refractivity contribution in [3.63, 3.8) is 0 Å². The van der Waals surface area contributed by atoms with Gasteiger partial charge in [-0.2, -0.15) is 5.26 Å². The Morgan fingerprint density at radius 2 is 1.88 bits per heavy atom. The quantitative estimate of drug-likeness (QED) is 0.541. The third-order valence-corrected chi connectivity index (χ3v) is 4.20. The maximum Gasteiger partial charge on any atom is 0.343 e. The number of esters is 1. The molecule has 0 saturated heterocycles. The number of aromatic nitrogens is 1. The van der Waals surface area contributed by atoms with Crippen molar-refractivity contribution in [1.29, 1.82) is 5.26 Å². The predicted molar refractivity (Wildman–Crippen MR) is 106 cm³/mol. The zero-order chi connectivity index (χ0) is 23.3. The first kappa shape index (κ1) is 22.2. The van der Waals surface area contributed by atoms with Crippen molar-refractivity contribution >= 4 is 23.5 Å². The highest BCUT2D eigenvalue weighted by Crippen LogP contribution is 2.26. The molecule has 9 nitrogen and oxygen atoms in total. The summed E-state index contributed by atoms with van der Waals surface area (Å²) in [6, 6.07) is 8.11. The zero-order valence-electron chi connectivity index (χ0n) is 16.6. The number of carbonyl (C=O) groups excluding carboxylic acids is 3. The van der Waals surface area contributed by atoms with Crippen LogP contribution in [0.15, 0.2) is 47.1 Å². The van der Waals surface area contributed by atoms with E-state index in [4.69, 9.17) is 9.15 Å². The Morgan fingerprint density at radius 3 is 2.53 bits per heavy atom. The monoisotopic (exact) mass is 442 g/mol. The summed E-state index contributed by atoms with van der Waals surface area (Å²) in [7, 11) is 0. The molecule has 0 fully saturated rings. The molecule has 0 radical (unpaired) electrons. The number of anilines is 1. The van der Waals surface area contributed by atoms with Gasteiger partial charge in [-0.05, 0) is 31.2 Å². The van der Waals surface area contributed by atoms with Gasteiger partial charge in [0.25, 0.3) is 5.91 Å². The van der Waals surface area contributed by atoms with Crippen molar-refractivity contribution in [2.24, 2.45) is 0 Å². The van der Waals surface area contributed by atoms with Crippen molar-refractivity contribution < 1.29 is 32.3 Å². The maximum atomic E-state index is 13.2. The van der Waals surface area contributed by atoms with Gasteiger partial charge in [-0.1, -0.05) is 0 Å². The van der Waals surface area contributed by atoms with Gasteiger partial charge in [-0.25, -0.2) is 13.6 Å². The number of halogens is 2. The molecule has 0 aliphatic carbocycles. The molecule has 11 heteroatoms. The van der Waals surface area contributed by atoms with Crippen molar-refractivity contribution in [2.45, 2.75) is 6.92 Å². The number of furan rings is 1. The molecule has 0 spiro atoms. The number of carbonyl (C=O) groups is 3. The molecule has 0 atom stereocenters. The fourth-order valence-corrected chi connectivity index (χ4v) is 2.74. The van der Waals surface area contributed by atoms with E-state index in [0.717, 1.165) is 18.2 Å². The Hall–Kier alpha value is -4.46. The van der Waals surface area contributed by atoms with Gasteiger partial charge in [0, 0.05) is 24.1 Å². The van der Waals surface area contributed by atoms with Crippen LogP contribution < -0.4 is 10.6 Å². The number of hydrogen-bond acceptors (Lipinski definition) is 6. The van der Waals surface area contributed by atoms with E-state index in [9.17, 15) is 28.4 Å². The van der Waals surface area contributed by atoms with Gasteiger partial charge in [0.1, 0.15) is 23.0 Å². The topological polar surface area (TPSA) is 126 Å². The minimum atomic E-state index is -1.13. The Morgan fingerprint density at radius 1 is 1.16 bits per heavy atom. The van der Waals surface area contributed by atoms with Crippen LogP contribution in [-0.4, -0.2) is 35.5 Å². The van der Waals surface area contributed by atoms with Gasteiger partial charge in [0.15, 0.2) is 18.2 Å². The minimum Gasteiger partial charge on any atom is -0.452 e. The molecule has 164 valence electrons. The molecular formula is C21H16F2N4O5. The Kier molecular flexibility index (Phi) is 6.65. The number of nitrogens with zero attached hydrogens (tertiary/aromatic N) is 2. The highest BCUT2D eigenvalue weighted by molar-refractivity contribution is 5.97. The zero-order valence-corrected chi connectivity index (χ0v) is 16.6. The summed E-state index contributed by atoms with van der Waals surface area (Å²) in [6.45, 7) is 0.264. The lowest BCUT2D eigenvalue weighted by molar-refractivity contribution is -0.126. The second-order valence-corrected chi connectivity index (χ2v) is 6.45. The molecule has 2 amide bonds. The summed E-state index contributed by atoms with van der Waals surface area (Å²) in [6.07, 6.45) is 3.26. The Labute approximate surface area is 180 Å². The molecule has 0 unspecified atom stereocenters. The van der Waals surface area contributed by atoms with Gasteiger partial charge < -0.3 is 19.8 Å². The number of rotatable bonds is 7. The molecule has 3 rings (SSSR count). The summed E-state index contributed by atoms with van der Waals surface area (Å²) >= 11 is 0. The average molecular weight is 442 g/mol. The first-order valence-electron chi connectivity index (χ1n) is 9.15. The first-order valence-corrected chi connectivity index (χ1v) is 9.15. The number of hydrogen-bond donors (Lipinski definition) is 2. The lowest BCUT2D eigenvalue weighted by atomic mass is 10.1. The fourth-order valence-electron chi connectivity index (χ4n) is 2.74. The predicted octanol–water partition coefficient (Wildman–Crippen LogP) is 2.44. The largest absolute Gasteiger partial charge is 0.452 e. The first-order chi connectivity index (χ1) is 15.3. The van der Waals surface area contributed by atoms with Crippen LogP contribution in [0.5, 0.6) is 0 Å². The highest BCUT2D eigenvalue weighted by atomic mass is 19.2. The SMILES string of the molecule is Cc1oc(-n2cccc2)c(C#N)c1C(=O)OCC(=O)NCC(=O)Nc1ccc(F)c(F)c1. The van der Waals surface area contributed by atoms with Gasteiger partial charge in [-0.15, -0.1) is 0 Å². The van der Waals surface area contributed by atoms with E-state index in [1.807, 2.05) is 6.07 Å². The van der Waals surface area contributed by atoms with Crippen molar-refractivity contribution in [1.82, 2.24) is 9.88 Å². The molecule has 2 aromatic heterocycles. The summed E-state index contributed by atoms with van der Waals surface area (Å²) in [5.41, 5.74) is -0.150. The molecule has 2 N–H and O–H groups in total. The van der Waals surface area contributed by atoms with E-state index >= 15 is 0 Å². The minimum absolute atomic E-state index is 0.00698. The van der Waals surface area contributed by atoms with Crippen LogP contribution in [-0.2, 0) is 14.3 Å². The summed E-state index contributed by atoms with van der Waals surface area (Å²) < 4.78 is 38.0. The molecule has 32 heavy (non-hydrogen) atoms. The summed E-state index contributed by atoms with van der Waals surface area (Å²) in [4.78, 5) is 36.1. The van der Waals surface area contributed by atoms with Crippen LogP contribution in [0.4, 0.5) is 14.5 Å². The lowest BCUT2D eigenvalue weighted by Crippen LogP contribution is -2.35. The second kappa shape index (κ2) is 9.57. The van der Waals surface area contributed by atoms with E-state index in [1.165, 1.54) is 11.5 Å². The molecule has 0 saturated carbocycles. The second-order valence-electron chi connectivity index (χ2n) is 6.45. The van der Waals surface area contributed by atoms with Crippen molar-refractivity contribution in [2.75, 3.05) is 18.5 Å². The fraction of sp³-hybridized carbons (Fsp3) is 0.143. The average Bonchev–Trinajstić information content (AvgIpc) is 3.40. The third kappa shape index (κ3) is 4.99. The van der Waals surface area contributed by atoms with Gasteiger partial charge in [-0.3, -0.25) is 14.2 Å². The van der Waals surface area contributed by atoms with Gasteiger partial charge in [0.05, 0.1) is 6.54 Å². The van der Waals surface area contributed by atoms with E-state index < -0.39 is 42.6 Å². The van der Waals surface area contributed by atoms with Crippen LogP contribution in [0.2, 0.25) is 0 Å². The Balaban J connectivity index is 1.54. The maximum absolute atomic E-state index is 13.2. The molecule has 0 aliphatic rings. The van der Waals surface area contributed by atoms with Crippen LogP contribution in [0.3, 0.4) is 0 Å². The van der Waals surface area contributed by atoms with Gasteiger partial charge >= 0.3 is 5.97 Å². The highest BCUT2D eigenvalue weighted by Gasteiger charge is 2.26. The normalized spacial score (nSPS) is 10.3. The Bertz CT molecular complexity index is 1210. The van der Waals surface area contributed by atoms with Crippen LogP contribution in [0.25, 0.3) is 5.88 Å². The van der Waals surface area contributed by atoms with Crippen LogP contribution >= 0.6 is 0 Å². The molecular weight excluding hydrogens is 426 g/mol. The van der Waals surface area contributed by atoms with Gasteiger partial charge in [0.2, 0.25) is 11.8 Å². The number of aryl methyl sites for hydroxylation is 1. The molecule has 0 bridgehead atoms.